The predicted molar refractivity (Wildman–Crippen MR) is 216 cm³/mol. The number of phosphoric ester groups is 2. The molecular weight excluding hydrogens is 750 g/mol. The van der Waals surface area contributed by atoms with Gasteiger partial charge >= 0.3 is 27.6 Å². The summed E-state index contributed by atoms with van der Waals surface area (Å²) in [5.41, 5.74) is 0. The zero-order chi connectivity index (χ0) is 40.9. The molecule has 0 fully saturated rings. The number of aliphatic hydroxyl groups excluding tert-OH is 1. The molecule has 0 amide bonds. The molecule has 15 heteroatoms. The molecule has 0 heterocycles. The lowest BCUT2D eigenvalue weighted by Crippen LogP contribution is -2.30. The SMILES string of the molecule is CCCCCC/C=C\CCCCCCCCCC(=O)OC[C@H](COP(=O)(O)OC[C@@H](O)COP(=O)(O)O)OC(=O)CCCCCCCCCCCCCCC. The Morgan fingerprint density at radius 1 is 0.509 bits per heavy atom. The number of hydrogen-bond acceptors (Lipinski definition) is 10. The second-order valence-electron chi connectivity index (χ2n) is 14.6. The largest absolute Gasteiger partial charge is 0.472 e. The second kappa shape index (κ2) is 37.2. The molecule has 0 aliphatic rings. The predicted octanol–water partition coefficient (Wildman–Crippen LogP) is 10.6. The van der Waals surface area contributed by atoms with Crippen molar-refractivity contribution in [2.45, 2.75) is 206 Å². The van der Waals surface area contributed by atoms with Gasteiger partial charge in [0.25, 0.3) is 0 Å². The number of aliphatic hydroxyl groups is 1. The van der Waals surface area contributed by atoms with Crippen molar-refractivity contribution in [2.24, 2.45) is 0 Å². The van der Waals surface area contributed by atoms with E-state index in [2.05, 4.69) is 35.0 Å². The minimum atomic E-state index is -4.86. The fourth-order valence-electron chi connectivity index (χ4n) is 5.87. The number of hydrogen-bond donors (Lipinski definition) is 4. The van der Waals surface area contributed by atoms with Gasteiger partial charge in [-0.3, -0.25) is 23.2 Å². The first-order valence-corrected chi connectivity index (χ1v) is 24.4. The maximum atomic E-state index is 12.6. The summed E-state index contributed by atoms with van der Waals surface area (Å²) in [5, 5.41) is 9.73. The van der Waals surface area contributed by atoms with Crippen molar-refractivity contribution in [1.29, 1.82) is 0 Å². The summed E-state index contributed by atoms with van der Waals surface area (Å²) in [7, 11) is -9.65. The van der Waals surface area contributed by atoms with E-state index in [1.165, 1.54) is 109 Å². The minimum Gasteiger partial charge on any atom is -0.462 e. The van der Waals surface area contributed by atoms with Gasteiger partial charge in [-0.1, -0.05) is 154 Å². The molecule has 0 aromatic heterocycles. The van der Waals surface area contributed by atoms with Gasteiger partial charge in [0.1, 0.15) is 12.7 Å². The molecule has 0 rings (SSSR count). The maximum Gasteiger partial charge on any atom is 0.472 e. The standard InChI is InChI=1S/C40H78O13P2/c1-3-5-7-9-11-13-15-17-18-20-21-23-25-27-29-31-39(42)49-35-38(36-52-55(47,48)51-34-37(41)33-50-54(44,45)46)53-40(43)32-30-28-26-24-22-19-16-14-12-10-8-6-4-2/h13,15,37-38,41H,3-12,14,16-36H2,1-2H3,(H,47,48)(H2,44,45,46)/b15-13-/t37-,38+/m0/s1. The average molecular weight is 829 g/mol. The van der Waals surface area contributed by atoms with Crippen molar-refractivity contribution >= 4 is 27.6 Å². The van der Waals surface area contributed by atoms with Crippen molar-refractivity contribution in [3.8, 4) is 0 Å². The molecule has 0 aromatic rings. The molecule has 0 bridgehead atoms. The van der Waals surface area contributed by atoms with Gasteiger partial charge in [0.05, 0.1) is 19.8 Å². The van der Waals surface area contributed by atoms with Crippen LogP contribution in [0.2, 0.25) is 0 Å². The van der Waals surface area contributed by atoms with Gasteiger partial charge in [0, 0.05) is 12.8 Å². The summed E-state index contributed by atoms with van der Waals surface area (Å²) in [4.78, 5) is 52.6. The quantitative estimate of drug-likeness (QED) is 0.0197. The zero-order valence-corrected chi connectivity index (χ0v) is 36.1. The van der Waals surface area contributed by atoms with E-state index in [1.807, 2.05) is 0 Å². The summed E-state index contributed by atoms with van der Waals surface area (Å²) in [6.07, 6.45) is 32.0. The number of esters is 2. The first kappa shape index (κ1) is 53.9. The summed E-state index contributed by atoms with van der Waals surface area (Å²) in [6.45, 7) is 1.76. The number of allylic oxidation sites excluding steroid dienone is 2. The summed E-state index contributed by atoms with van der Waals surface area (Å²) >= 11 is 0. The fraction of sp³-hybridized carbons (Fsp3) is 0.900. The van der Waals surface area contributed by atoms with E-state index in [0.29, 0.717) is 12.8 Å². The highest BCUT2D eigenvalue weighted by Crippen LogP contribution is 2.43. The smallest absolute Gasteiger partial charge is 0.462 e. The third-order valence-electron chi connectivity index (χ3n) is 9.14. The summed E-state index contributed by atoms with van der Waals surface area (Å²) in [5.74, 6) is -1.03. The molecule has 1 unspecified atom stereocenters. The Balaban J connectivity index is 4.50. The molecule has 326 valence electrons. The highest BCUT2D eigenvalue weighted by atomic mass is 31.2. The van der Waals surface area contributed by atoms with Crippen molar-refractivity contribution < 1.29 is 61.6 Å². The van der Waals surface area contributed by atoms with Crippen LogP contribution in [0.1, 0.15) is 194 Å². The molecule has 4 N–H and O–H groups in total. The van der Waals surface area contributed by atoms with Gasteiger partial charge in [-0.05, 0) is 38.5 Å². The lowest BCUT2D eigenvalue weighted by atomic mass is 10.0. The minimum absolute atomic E-state index is 0.136. The van der Waals surface area contributed by atoms with Gasteiger partial charge in [-0.2, -0.15) is 0 Å². The number of phosphoric acid groups is 2. The third kappa shape index (κ3) is 40.8. The van der Waals surface area contributed by atoms with Gasteiger partial charge in [-0.25, -0.2) is 9.13 Å². The first-order valence-electron chi connectivity index (χ1n) is 21.4. The van der Waals surface area contributed by atoms with Crippen LogP contribution < -0.4 is 0 Å². The van der Waals surface area contributed by atoms with Gasteiger partial charge in [0.2, 0.25) is 0 Å². The molecule has 13 nitrogen and oxygen atoms in total. The Morgan fingerprint density at radius 3 is 1.36 bits per heavy atom. The Kier molecular flexibility index (Phi) is 36.4. The zero-order valence-electron chi connectivity index (χ0n) is 34.3. The van der Waals surface area contributed by atoms with Crippen LogP contribution in [0.25, 0.3) is 0 Å². The van der Waals surface area contributed by atoms with E-state index in [9.17, 15) is 28.7 Å². The summed E-state index contributed by atoms with van der Waals surface area (Å²) < 4.78 is 47.7. The highest BCUT2D eigenvalue weighted by molar-refractivity contribution is 7.47. The Labute approximate surface area is 332 Å². The normalized spacial score (nSPS) is 14.2. The summed E-state index contributed by atoms with van der Waals surface area (Å²) in [6, 6.07) is 0. The molecule has 3 atom stereocenters. The number of carbonyl (C=O) groups is 2. The van der Waals surface area contributed by atoms with Crippen LogP contribution in [0.5, 0.6) is 0 Å². The van der Waals surface area contributed by atoms with Crippen molar-refractivity contribution in [2.75, 3.05) is 26.4 Å². The second-order valence-corrected chi connectivity index (χ2v) is 17.3. The van der Waals surface area contributed by atoms with Crippen LogP contribution >= 0.6 is 15.6 Å². The maximum absolute atomic E-state index is 12.6. The van der Waals surface area contributed by atoms with Gasteiger partial charge in [0.15, 0.2) is 6.10 Å². The molecule has 0 radical (unpaired) electrons. The van der Waals surface area contributed by atoms with Crippen LogP contribution in [0.3, 0.4) is 0 Å². The van der Waals surface area contributed by atoms with E-state index in [4.69, 9.17) is 23.8 Å². The van der Waals surface area contributed by atoms with E-state index < -0.39 is 59.6 Å². The van der Waals surface area contributed by atoms with E-state index in [1.54, 1.807) is 0 Å². The average Bonchev–Trinajstić information content (AvgIpc) is 3.14. The van der Waals surface area contributed by atoms with Crippen LogP contribution in [-0.2, 0) is 41.8 Å². The lowest BCUT2D eigenvalue weighted by molar-refractivity contribution is -0.161. The molecule has 0 aliphatic heterocycles. The van der Waals surface area contributed by atoms with E-state index in [-0.39, 0.29) is 19.4 Å². The topological polar surface area (TPSA) is 195 Å². The molecule has 55 heavy (non-hydrogen) atoms. The Hall–Kier alpha value is -1.14. The highest BCUT2D eigenvalue weighted by Gasteiger charge is 2.28. The van der Waals surface area contributed by atoms with Crippen LogP contribution in [0.15, 0.2) is 12.2 Å². The van der Waals surface area contributed by atoms with Crippen molar-refractivity contribution in [1.82, 2.24) is 0 Å². The van der Waals surface area contributed by atoms with Crippen LogP contribution in [0.4, 0.5) is 0 Å². The molecule has 0 aromatic carbocycles. The number of rotatable bonds is 41. The number of carbonyl (C=O) groups excluding carboxylic acids is 2. The van der Waals surface area contributed by atoms with E-state index in [0.717, 1.165) is 44.9 Å². The first-order chi connectivity index (χ1) is 26.4. The van der Waals surface area contributed by atoms with Crippen LogP contribution in [-0.4, -0.2) is 70.4 Å². The number of ether oxygens (including phenoxy) is 2. The van der Waals surface area contributed by atoms with Gasteiger partial charge < -0.3 is 29.3 Å². The molecule has 0 saturated heterocycles. The Morgan fingerprint density at radius 2 is 0.891 bits per heavy atom. The van der Waals surface area contributed by atoms with Crippen molar-refractivity contribution in [3.63, 3.8) is 0 Å². The fourth-order valence-corrected chi connectivity index (χ4v) is 7.03. The lowest BCUT2D eigenvalue weighted by Gasteiger charge is -2.20. The Bertz CT molecular complexity index is 1040. The monoisotopic (exact) mass is 828 g/mol. The third-order valence-corrected chi connectivity index (χ3v) is 10.6. The molecular formula is C40H78O13P2. The van der Waals surface area contributed by atoms with Crippen LogP contribution in [0, 0.1) is 0 Å². The van der Waals surface area contributed by atoms with Crippen molar-refractivity contribution in [3.05, 3.63) is 12.2 Å². The van der Waals surface area contributed by atoms with E-state index >= 15 is 0 Å². The molecule has 0 aliphatic carbocycles. The molecule has 0 saturated carbocycles. The molecule has 0 spiro atoms. The van der Waals surface area contributed by atoms with Gasteiger partial charge in [-0.15, -0.1) is 0 Å². The number of unbranched alkanes of at least 4 members (excludes halogenated alkanes) is 23.